The van der Waals surface area contributed by atoms with Gasteiger partial charge in [-0.3, -0.25) is 15.0 Å². The first-order chi connectivity index (χ1) is 9.62. The molecule has 1 rings (SSSR count). The first-order valence-electron chi connectivity index (χ1n) is 6.76. The Hall–Kier alpha value is -1.66. The lowest BCUT2D eigenvalue weighted by Crippen LogP contribution is -2.27. The number of ether oxygens (including phenoxy) is 1. The summed E-state index contributed by atoms with van der Waals surface area (Å²) < 4.78 is 5.25. The van der Waals surface area contributed by atoms with Gasteiger partial charge in [-0.2, -0.15) is 0 Å². The van der Waals surface area contributed by atoms with Gasteiger partial charge < -0.3 is 9.84 Å². The van der Waals surface area contributed by atoms with Crippen molar-refractivity contribution in [3.8, 4) is 5.75 Å². The maximum atomic E-state index is 10.8. The van der Waals surface area contributed by atoms with Crippen LogP contribution in [0.2, 0.25) is 0 Å². The number of non-ortho nitro benzene ring substituents is 1. The van der Waals surface area contributed by atoms with E-state index in [-0.39, 0.29) is 12.3 Å². The molecule has 0 saturated carbocycles. The molecule has 112 valence electrons. The zero-order valence-corrected chi connectivity index (χ0v) is 12.0. The molecule has 0 fully saturated rings. The number of aliphatic hydroxyl groups is 1. The second kappa shape index (κ2) is 8.50. The van der Waals surface area contributed by atoms with Gasteiger partial charge in [0.05, 0.1) is 18.6 Å². The molecule has 1 aromatic carbocycles. The zero-order valence-electron chi connectivity index (χ0n) is 12.0. The molecule has 1 aromatic rings. The molecule has 0 bridgehead atoms. The molecule has 0 atom stereocenters. The minimum Gasteiger partial charge on any atom is -0.496 e. The quantitative estimate of drug-likeness (QED) is 0.555. The Labute approximate surface area is 119 Å². The van der Waals surface area contributed by atoms with E-state index in [0.29, 0.717) is 18.8 Å². The fourth-order valence-corrected chi connectivity index (χ4v) is 2.04. The molecule has 0 unspecified atom stereocenters. The van der Waals surface area contributed by atoms with Crippen LogP contribution >= 0.6 is 0 Å². The Bertz CT molecular complexity index is 437. The van der Waals surface area contributed by atoms with Gasteiger partial charge in [0.15, 0.2) is 0 Å². The molecule has 0 saturated heterocycles. The molecule has 0 amide bonds. The number of hydrogen-bond acceptors (Lipinski definition) is 5. The number of rotatable bonds is 9. The van der Waals surface area contributed by atoms with E-state index in [1.54, 1.807) is 13.2 Å². The lowest BCUT2D eigenvalue weighted by atomic mass is 10.1. The molecule has 6 heteroatoms. The Balaban J connectivity index is 2.90. The van der Waals surface area contributed by atoms with Gasteiger partial charge in [-0.1, -0.05) is 13.3 Å². The van der Waals surface area contributed by atoms with E-state index in [9.17, 15) is 10.1 Å². The molecule has 1 N–H and O–H groups in total. The SMILES string of the molecule is CCCCN(CCO)Cc1cc([N+](=O)[O-])ccc1OC. The highest BCUT2D eigenvalue weighted by Gasteiger charge is 2.14. The van der Waals surface area contributed by atoms with Gasteiger partial charge in [0.1, 0.15) is 5.75 Å². The van der Waals surface area contributed by atoms with Crippen LogP contribution < -0.4 is 4.74 Å². The van der Waals surface area contributed by atoms with Crippen LogP contribution in [0.3, 0.4) is 0 Å². The predicted molar refractivity (Wildman–Crippen MR) is 76.9 cm³/mol. The molecule has 0 aromatic heterocycles. The fourth-order valence-electron chi connectivity index (χ4n) is 2.04. The van der Waals surface area contributed by atoms with E-state index in [1.165, 1.54) is 12.1 Å². The molecular formula is C14H22N2O4. The number of methoxy groups -OCH3 is 1. The van der Waals surface area contributed by atoms with Crippen molar-refractivity contribution in [1.29, 1.82) is 0 Å². The van der Waals surface area contributed by atoms with Crippen molar-refractivity contribution in [2.24, 2.45) is 0 Å². The summed E-state index contributed by atoms with van der Waals surface area (Å²) in [5, 5.41) is 19.9. The maximum Gasteiger partial charge on any atom is 0.270 e. The van der Waals surface area contributed by atoms with Gasteiger partial charge in [-0.05, 0) is 19.0 Å². The molecule has 0 aliphatic rings. The normalized spacial score (nSPS) is 10.8. The fraction of sp³-hybridized carbons (Fsp3) is 0.571. The van der Waals surface area contributed by atoms with E-state index in [4.69, 9.17) is 9.84 Å². The van der Waals surface area contributed by atoms with Gasteiger partial charge in [0, 0.05) is 30.8 Å². The Kier molecular flexibility index (Phi) is 6.97. The monoisotopic (exact) mass is 282 g/mol. The second-order valence-electron chi connectivity index (χ2n) is 4.61. The van der Waals surface area contributed by atoms with E-state index >= 15 is 0 Å². The summed E-state index contributed by atoms with van der Waals surface area (Å²) >= 11 is 0. The number of nitro groups is 1. The Morgan fingerprint density at radius 1 is 1.40 bits per heavy atom. The minimum absolute atomic E-state index is 0.0558. The van der Waals surface area contributed by atoms with Crippen molar-refractivity contribution in [2.75, 3.05) is 26.8 Å². The highest BCUT2D eigenvalue weighted by atomic mass is 16.6. The summed E-state index contributed by atoms with van der Waals surface area (Å²) in [5.41, 5.74) is 0.825. The van der Waals surface area contributed by atoms with Crippen LogP contribution in [-0.2, 0) is 6.54 Å². The van der Waals surface area contributed by atoms with Crippen molar-refractivity contribution in [3.05, 3.63) is 33.9 Å². The van der Waals surface area contributed by atoms with Crippen molar-refractivity contribution < 1.29 is 14.8 Å². The molecule has 0 spiro atoms. The molecule has 20 heavy (non-hydrogen) atoms. The maximum absolute atomic E-state index is 10.8. The molecular weight excluding hydrogens is 260 g/mol. The first-order valence-corrected chi connectivity index (χ1v) is 6.76. The van der Waals surface area contributed by atoms with Crippen LogP contribution in [0.4, 0.5) is 5.69 Å². The topological polar surface area (TPSA) is 75.8 Å². The van der Waals surface area contributed by atoms with E-state index in [0.717, 1.165) is 24.9 Å². The minimum atomic E-state index is -0.411. The summed E-state index contributed by atoms with van der Waals surface area (Å²) in [4.78, 5) is 12.5. The second-order valence-corrected chi connectivity index (χ2v) is 4.61. The largest absolute Gasteiger partial charge is 0.496 e. The summed E-state index contributed by atoms with van der Waals surface area (Å²) in [6.07, 6.45) is 2.09. The van der Waals surface area contributed by atoms with E-state index < -0.39 is 4.92 Å². The van der Waals surface area contributed by atoms with E-state index in [2.05, 4.69) is 11.8 Å². The Morgan fingerprint density at radius 3 is 2.70 bits per heavy atom. The highest BCUT2D eigenvalue weighted by Crippen LogP contribution is 2.25. The van der Waals surface area contributed by atoms with Crippen molar-refractivity contribution >= 4 is 5.69 Å². The van der Waals surface area contributed by atoms with Crippen LogP contribution in [-0.4, -0.2) is 41.7 Å². The molecule has 6 nitrogen and oxygen atoms in total. The number of nitro benzene ring substituents is 1. The van der Waals surface area contributed by atoms with Crippen LogP contribution in [0.15, 0.2) is 18.2 Å². The average molecular weight is 282 g/mol. The molecule has 0 radical (unpaired) electrons. The van der Waals surface area contributed by atoms with Gasteiger partial charge >= 0.3 is 0 Å². The van der Waals surface area contributed by atoms with E-state index in [1.807, 2.05) is 0 Å². The smallest absolute Gasteiger partial charge is 0.270 e. The summed E-state index contributed by atoms with van der Waals surface area (Å²) in [6, 6.07) is 4.59. The number of hydrogen-bond donors (Lipinski definition) is 1. The third kappa shape index (κ3) is 4.79. The van der Waals surface area contributed by atoms with Crippen molar-refractivity contribution in [2.45, 2.75) is 26.3 Å². The zero-order chi connectivity index (χ0) is 15.0. The lowest BCUT2D eigenvalue weighted by molar-refractivity contribution is -0.384. The molecule has 0 heterocycles. The number of nitrogens with zero attached hydrogens (tertiary/aromatic N) is 2. The number of aliphatic hydroxyl groups excluding tert-OH is 1. The van der Waals surface area contributed by atoms with Crippen molar-refractivity contribution in [3.63, 3.8) is 0 Å². The first kappa shape index (κ1) is 16.4. The van der Waals surface area contributed by atoms with Crippen LogP contribution in [0.25, 0.3) is 0 Å². The average Bonchev–Trinajstić information content (AvgIpc) is 2.44. The number of benzene rings is 1. The molecule has 0 aliphatic heterocycles. The lowest BCUT2D eigenvalue weighted by Gasteiger charge is -2.22. The summed E-state index contributed by atoms with van der Waals surface area (Å²) in [5.74, 6) is 0.634. The molecule has 0 aliphatic carbocycles. The summed E-state index contributed by atoms with van der Waals surface area (Å²) in [6.45, 7) is 4.10. The van der Waals surface area contributed by atoms with Crippen LogP contribution in [0, 0.1) is 10.1 Å². The Morgan fingerprint density at radius 2 is 2.15 bits per heavy atom. The van der Waals surface area contributed by atoms with Crippen LogP contribution in [0.5, 0.6) is 5.75 Å². The number of unbranched alkanes of at least 4 members (excludes halogenated alkanes) is 1. The van der Waals surface area contributed by atoms with Gasteiger partial charge in [0.25, 0.3) is 5.69 Å². The summed E-state index contributed by atoms with van der Waals surface area (Å²) in [7, 11) is 1.55. The van der Waals surface area contributed by atoms with Crippen LogP contribution in [0.1, 0.15) is 25.3 Å². The third-order valence-corrected chi connectivity index (χ3v) is 3.11. The van der Waals surface area contributed by atoms with Gasteiger partial charge in [-0.15, -0.1) is 0 Å². The third-order valence-electron chi connectivity index (χ3n) is 3.11. The van der Waals surface area contributed by atoms with Gasteiger partial charge in [0.2, 0.25) is 0 Å². The predicted octanol–water partition coefficient (Wildman–Crippen LogP) is 2.20. The highest BCUT2D eigenvalue weighted by molar-refractivity contribution is 5.43. The van der Waals surface area contributed by atoms with Crippen molar-refractivity contribution in [1.82, 2.24) is 4.90 Å². The van der Waals surface area contributed by atoms with Gasteiger partial charge in [-0.25, -0.2) is 0 Å². The standard InChI is InChI=1S/C14H22N2O4/c1-3-4-7-15(8-9-17)11-12-10-13(16(18)19)5-6-14(12)20-2/h5-6,10,17H,3-4,7-9,11H2,1-2H3.